The molecule has 3 aromatic rings. The molecule has 1 N–H and O–H groups in total. The molecule has 1 aliphatic rings. The molecule has 4 rings (SSSR count). The quantitative estimate of drug-likeness (QED) is 0.714. The molecule has 0 spiro atoms. The fourth-order valence-electron chi connectivity index (χ4n) is 3.43. The van der Waals surface area contributed by atoms with E-state index in [2.05, 4.69) is 9.97 Å². The van der Waals surface area contributed by atoms with E-state index in [4.69, 9.17) is 0 Å². The Bertz CT molecular complexity index is 1190. The Kier molecular flexibility index (Phi) is 4.79. The molecule has 0 fully saturated rings. The van der Waals surface area contributed by atoms with Gasteiger partial charge < -0.3 is 10.0 Å². The molecule has 0 unspecified atom stereocenters. The van der Waals surface area contributed by atoms with E-state index in [-0.39, 0.29) is 22.2 Å². The first-order valence-electron chi connectivity index (χ1n) is 9.11. The summed E-state index contributed by atoms with van der Waals surface area (Å²) < 4.78 is 23.7. The average Bonchev–Trinajstić information content (AvgIpc) is 2.73. The highest BCUT2D eigenvalue weighted by atomic mass is 32.2. The van der Waals surface area contributed by atoms with Crippen LogP contribution >= 0.6 is 0 Å². The summed E-state index contributed by atoms with van der Waals surface area (Å²) in [6.45, 7) is 0.458. The molecule has 0 atom stereocenters. The zero-order valence-corrected chi connectivity index (χ0v) is 16.6. The summed E-state index contributed by atoms with van der Waals surface area (Å²) in [6, 6.07) is 13.1. The van der Waals surface area contributed by atoms with Gasteiger partial charge in [0.05, 0.1) is 22.0 Å². The van der Waals surface area contributed by atoms with Crippen LogP contribution in [0.2, 0.25) is 0 Å². The Morgan fingerprint density at radius 3 is 2.66 bits per heavy atom. The van der Waals surface area contributed by atoms with Crippen LogP contribution in [0.3, 0.4) is 0 Å². The Hall–Kier alpha value is -3.26. The molecule has 1 aliphatic heterocycles. The van der Waals surface area contributed by atoms with Gasteiger partial charge in [-0.2, -0.15) is 0 Å². The lowest BCUT2D eigenvalue weighted by atomic mass is 10.0. The van der Waals surface area contributed by atoms with E-state index in [0.717, 1.165) is 6.26 Å². The fourth-order valence-corrected chi connectivity index (χ4v) is 4.10. The van der Waals surface area contributed by atoms with Crippen LogP contribution in [0.15, 0.2) is 59.6 Å². The molecule has 0 saturated heterocycles. The molecular weight excluding hydrogens is 390 g/mol. The van der Waals surface area contributed by atoms with Gasteiger partial charge in [-0.15, -0.1) is 0 Å². The topological polar surface area (TPSA) is 100 Å². The van der Waals surface area contributed by atoms with Gasteiger partial charge in [-0.25, -0.2) is 13.4 Å². The Labute approximate surface area is 168 Å². The first-order valence-corrected chi connectivity index (χ1v) is 11.0. The maximum absolute atomic E-state index is 13.2. The molecule has 1 amide bonds. The van der Waals surface area contributed by atoms with Gasteiger partial charge in [0.15, 0.2) is 9.84 Å². The predicted molar refractivity (Wildman–Crippen MR) is 109 cm³/mol. The molecule has 8 heteroatoms. The van der Waals surface area contributed by atoms with Crippen molar-refractivity contribution in [3.8, 4) is 17.3 Å². The number of sulfone groups is 1. The van der Waals surface area contributed by atoms with Crippen molar-refractivity contribution in [2.45, 2.75) is 17.7 Å². The number of aromatic nitrogens is 2. The largest absolute Gasteiger partial charge is 0.493 e. The second kappa shape index (κ2) is 7.29. The number of pyridine rings is 2. The maximum atomic E-state index is 13.2. The Balaban J connectivity index is 1.78. The predicted octanol–water partition coefficient (Wildman–Crippen LogP) is 2.85. The van der Waals surface area contributed by atoms with Crippen molar-refractivity contribution in [1.29, 1.82) is 0 Å². The standard InChI is InChI=1S/C21H19N3O4S/c1-29(27,28)15-7-4-6-14(12-15)21(26)24-11-5-8-16-19(24)13-18(23-20(16)25)17-9-2-3-10-22-17/h2-4,6-7,9-10,12-13H,5,8,11H2,1H3,(H,23,25). The lowest BCUT2D eigenvalue weighted by molar-refractivity contribution is 0.0985. The van der Waals surface area contributed by atoms with E-state index < -0.39 is 9.84 Å². The normalized spacial score (nSPS) is 13.8. The molecule has 148 valence electrons. The first kappa shape index (κ1) is 19.1. The molecule has 29 heavy (non-hydrogen) atoms. The van der Waals surface area contributed by atoms with Crippen molar-refractivity contribution in [2.24, 2.45) is 0 Å². The number of fused-ring (bicyclic) bond motifs is 1. The van der Waals surface area contributed by atoms with Gasteiger partial charge in [0, 0.05) is 30.1 Å². The molecule has 3 heterocycles. The number of aromatic hydroxyl groups is 1. The minimum absolute atomic E-state index is 0.0901. The van der Waals surface area contributed by atoms with Crippen LogP contribution in [-0.2, 0) is 16.3 Å². The van der Waals surface area contributed by atoms with Crippen LogP contribution in [0.4, 0.5) is 5.69 Å². The molecule has 0 radical (unpaired) electrons. The van der Waals surface area contributed by atoms with Crippen LogP contribution in [0.5, 0.6) is 5.88 Å². The second-order valence-corrected chi connectivity index (χ2v) is 8.92. The summed E-state index contributed by atoms with van der Waals surface area (Å²) in [5.74, 6) is -0.445. The highest BCUT2D eigenvalue weighted by Gasteiger charge is 2.28. The van der Waals surface area contributed by atoms with Crippen molar-refractivity contribution in [2.75, 3.05) is 17.7 Å². The van der Waals surface area contributed by atoms with Crippen molar-refractivity contribution in [1.82, 2.24) is 9.97 Å². The van der Waals surface area contributed by atoms with Crippen LogP contribution in [0, 0.1) is 0 Å². The summed E-state index contributed by atoms with van der Waals surface area (Å²) >= 11 is 0. The lowest BCUT2D eigenvalue weighted by Crippen LogP contribution is -2.35. The molecule has 0 aliphatic carbocycles. The molecule has 1 aromatic carbocycles. The number of anilines is 1. The van der Waals surface area contributed by atoms with Crippen molar-refractivity contribution in [3.63, 3.8) is 0 Å². The molecular formula is C21H19N3O4S. The number of nitrogens with zero attached hydrogens (tertiary/aromatic N) is 3. The number of carbonyl (C=O) groups excluding carboxylic acids is 1. The summed E-state index contributed by atoms with van der Waals surface area (Å²) in [5.41, 5.74) is 2.49. The van der Waals surface area contributed by atoms with E-state index in [1.807, 2.05) is 6.07 Å². The Morgan fingerprint density at radius 1 is 1.10 bits per heavy atom. The van der Waals surface area contributed by atoms with E-state index in [1.165, 1.54) is 12.1 Å². The van der Waals surface area contributed by atoms with Gasteiger partial charge in [-0.1, -0.05) is 12.1 Å². The van der Waals surface area contributed by atoms with Gasteiger partial charge in [0.25, 0.3) is 5.91 Å². The van der Waals surface area contributed by atoms with Crippen molar-refractivity contribution in [3.05, 3.63) is 65.9 Å². The maximum Gasteiger partial charge on any atom is 0.258 e. The first-order chi connectivity index (χ1) is 13.8. The van der Waals surface area contributed by atoms with Crippen molar-refractivity contribution >= 4 is 21.4 Å². The summed E-state index contributed by atoms with van der Waals surface area (Å²) in [4.78, 5) is 23.4. The third-order valence-electron chi connectivity index (χ3n) is 4.86. The molecule has 0 saturated carbocycles. The van der Waals surface area contributed by atoms with E-state index in [9.17, 15) is 18.3 Å². The van der Waals surface area contributed by atoms with Gasteiger partial charge in [-0.05, 0) is 49.2 Å². The lowest BCUT2D eigenvalue weighted by Gasteiger charge is -2.30. The van der Waals surface area contributed by atoms with Crippen LogP contribution < -0.4 is 4.90 Å². The van der Waals surface area contributed by atoms with E-state index in [1.54, 1.807) is 41.4 Å². The fraction of sp³-hybridized carbons (Fsp3) is 0.190. The highest BCUT2D eigenvalue weighted by molar-refractivity contribution is 7.90. The monoisotopic (exact) mass is 409 g/mol. The summed E-state index contributed by atoms with van der Waals surface area (Å²) in [5, 5.41) is 10.5. The zero-order chi connectivity index (χ0) is 20.6. The highest BCUT2D eigenvalue weighted by Crippen LogP contribution is 2.36. The second-order valence-electron chi connectivity index (χ2n) is 6.90. The van der Waals surface area contributed by atoms with Crippen molar-refractivity contribution < 1.29 is 18.3 Å². The number of hydrogen-bond acceptors (Lipinski definition) is 6. The van der Waals surface area contributed by atoms with Gasteiger partial charge in [0.1, 0.15) is 0 Å². The number of carbonyl (C=O) groups is 1. The molecule has 2 aromatic heterocycles. The van der Waals surface area contributed by atoms with E-state index >= 15 is 0 Å². The Morgan fingerprint density at radius 2 is 1.93 bits per heavy atom. The average molecular weight is 409 g/mol. The summed E-state index contributed by atoms with van der Waals surface area (Å²) in [7, 11) is -3.43. The summed E-state index contributed by atoms with van der Waals surface area (Å²) in [6.07, 6.45) is 4.01. The van der Waals surface area contributed by atoms with E-state index in [0.29, 0.717) is 42.0 Å². The van der Waals surface area contributed by atoms with Crippen LogP contribution in [0.25, 0.3) is 11.4 Å². The number of hydrogen-bond donors (Lipinski definition) is 1. The zero-order valence-electron chi connectivity index (χ0n) is 15.7. The smallest absolute Gasteiger partial charge is 0.258 e. The number of rotatable bonds is 3. The minimum atomic E-state index is -3.43. The van der Waals surface area contributed by atoms with Crippen LogP contribution in [-0.4, -0.2) is 42.2 Å². The minimum Gasteiger partial charge on any atom is -0.493 e. The third-order valence-corrected chi connectivity index (χ3v) is 5.97. The van der Waals surface area contributed by atoms with Gasteiger partial charge in [0.2, 0.25) is 5.88 Å². The van der Waals surface area contributed by atoms with Gasteiger partial charge in [-0.3, -0.25) is 9.78 Å². The molecule has 0 bridgehead atoms. The molecule has 7 nitrogen and oxygen atoms in total. The van der Waals surface area contributed by atoms with Gasteiger partial charge >= 0.3 is 0 Å². The van der Waals surface area contributed by atoms with Crippen LogP contribution in [0.1, 0.15) is 22.3 Å². The SMILES string of the molecule is CS(=O)(=O)c1cccc(C(=O)N2CCCc3c2cc(-c2ccccn2)nc3O)c1. The third kappa shape index (κ3) is 3.71. The number of benzene rings is 1. The number of amides is 1.